The largest absolute Gasteiger partial charge is 0.421 e. The van der Waals surface area contributed by atoms with Crippen LogP contribution in [0.3, 0.4) is 0 Å². The number of carbonyl (C=O) groups is 2. The number of aromatic nitrogens is 1. The molecule has 1 atom stereocenters. The van der Waals surface area contributed by atoms with Crippen LogP contribution in [0.2, 0.25) is 0 Å². The predicted molar refractivity (Wildman–Crippen MR) is 128 cm³/mol. The molecule has 1 aromatic carbocycles. The van der Waals surface area contributed by atoms with Crippen LogP contribution in [0.5, 0.6) is 0 Å². The Balaban J connectivity index is 1.51. The van der Waals surface area contributed by atoms with Gasteiger partial charge < -0.3 is 15.7 Å². The van der Waals surface area contributed by atoms with Crippen LogP contribution in [0.15, 0.2) is 48.7 Å². The van der Waals surface area contributed by atoms with Gasteiger partial charge in [0.05, 0.1) is 0 Å². The number of hydrogen-bond donors (Lipinski definition) is 2. The number of amides is 2. The van der Waals surface area contributed by atoms with Gasteiger partial charge in [0.1, 0.15) is 0 Å². The van der Waals surface area contributed by atoms with Crippen LogP contribution < -0.4 is 5.73 Å². The summed E-state index contributed by atoms with van der Waals surface area (Å²) in [4.78, 5) is 31.5. The van der Waals surface area contributed by atoms with Gasteiger partial charge in [-0.15, -0.1) is 0 Å². The molecule has 3 N–H and O–H groups in total. The Kier molecular flexibility index (Phi) is 7.14. The number of pyridine rings is 1. The normalized spacial score (nSPS) is 24.1. The van der Waals surface area contributed by atoms with E-state index in [9.17, 15) is 27.9 Å². The van der Waals surface area contributed by atoms with E-state index in [4.69, 9.17) is 5.73 Å². The number of aliphatic hydroxyl groups is 1. The minimum Gasteiger partial charge on any atom is -0.376 e. The molecule has 1 heterocycles. The molecular formula is C27H32F3N3O3. The summed E-state index contributed by atoms with van der Waals surface area (Å²) in [6, 6.07) is 10.9. The van der Waals surface area contributed by atoms with Gasteiger partial charge in [-0.1, -0.05) is 18.2 Å². The van der Waals surface area contributed by atoms with Gasteiger partial charge in [0.25, 0.3) is 5.91 Å². The summed E-state index contributed by atoms with van der Waals surface area (Å²) in [7, 11) is 0. The molecule has 36 heavy (non-hydrogen) atoms. The van der Waals surface area contributed by atoms with Crippen molar-refractivity contribution in [2.45, 2.75) is 87.6 Å². The number of nitrogens with zero attached hydrogens (tertiary/aromatic N) is 2. The average Bonchev–Trinajstić information content (AvgIpc) is 3.69. The first kappa shape index (κ1) is 26.1. The molecule has 1 aromatic heterocycles. The molecule has 9 heteroatoms. The second kappa shape index (κ2) is 9.84. The number of nitrogens with two attached hydrogens (primary N) is 1. The average molecular weight is 504 g/mol. The molecule has 0 aliphatic heterocycles. The molecule has 2 aliphatic rings. The lowest BCUT2D eigenvalue weighted by molar-refractivity contribution is -0.258. The summed E-state index contributed by atoms with van der Waals surface area (Å²) in [6.45, 7) is 0.703. The molecule has 6 nitrogen and oxygen atoms in total. The third-order valence-electron chi connectivity index (χ3n) is 7.78. The molecule has 0 saturated heterocycles. The molecule has 2 aliphatic carbocycles. The van der Waals surface area contributed by atoms with E-state index in [-0.39, 0.29) is 41.3 Å². The minimum absolute atomic E-state index is 0.00613. The van der Waals surface area contributed by atoms with E-state index in [2.05, 4.69) is 4.98 Å². The van der Waals surface area contributed by atoms with E-state index in [0.717, 1.165) is 44.2 Å². The molecule has 2 fully saturated rings. The lowest BCUT2D eigenvalue weighted by Gasteiger charge is -2.43. The monoisotopic (exact) mass is 503 g/mol. The number of halogens is 3. The molecule has 0 bridgehead atoms. The number of carbonyl (C=O) groups excluding carboxylic acids is 2. The van der Waals surface area contributed by atoms with Gasteiger partial charge in [0.2, 0.25) is 5.91 Å². The molecule has 0 unspecified atom stereocenters. The highest BCUT2D eigenvalue weighted by molar-refractivity contribution is 5.95. The van der Waals surface area contributed by atoms with E-state index in [1.165, 1.54) is 24.3 Å². The van der Waals surface area contributed by atoms with Crippen LogP contribution in [0.4, 0.5) is 13.2 Å². The number of rotatable bonds is 8. The zero-order chi connectivity index (χ0) is 26.1. The zero-order valence-corrected chi connectivity index (χ0v) is 20.3. The van der Waals surface area contributed by atoms with Gasteiger partial charge in [0.15, 0.2) is 5.60 Å². The zero-order valence-electron chi connectivity index (χ0n) is 20.3. The quantitative estimate of drug-likeness (QED) is 0.550. The summed E-state index contributed by atoms with van der Waals surface area (Å²) >= 11 is 0. The lowest BCUT2D eigenvalue weighted by Crippen LogP contribution is -2.47. The third kappa shape index (κ3) is 5.26. The van der Waals surface area contributed by atoms with Gasteiger partial charge in [-0.25, -0.2) is 0 Å². The van der Waals surface area contributed by atoms with E-state index < -0.39 is 11.8 Å². The summed E-state index contributed by atoms with van der Waals surface area (Å²) in [5, 5.41) is 9.93. The molecule has 4 rings (SSSR count). The highest BCUT2D eigenvalue weighted by Gasteiger charge is 2.51. The van der Waals surface area contributed by atoms with Crippen LogP contribution >= 0.6 is 0 Å². The topological polar surface area (TPSA) is 96.5 Å². The molecule has 0 radical (unpaired) electrons. The molecule has 0 spiro atoms. The Hall–Kier alpha value is -2.94. The van der Waals surface area contributed by atoms with E-state index >= 15 is 0 Å². The maximum Gasteiger partial charge on any atom is 0.421 e. The fraction of sp³-hybridized carbons (Fsp3) is 0.519. The van der Waals surface area contributed by atoms with Crippen molar-refractivity contribution >= 4 is 11.8 Å². The molecule has 2 aromatic rings. The lowest BCUT2D eigenvalue weighted by atomic mass is 9.67. The first-order chi connectivity index (χ1) is 16.9. The van der Waals surface area contributed by atoms with E-state index in [0.29, 0.717) is 18.9 Å². The van der Waals surface area contributed by atoms with Crippen LogP contribution in [-0.2, 0) is 15.8 Å². The molecule has 2 amide bonds. The van der Waals surface area contributed by atoms with Crippen LogP contribution in [0.25, 0.3) is 0 Å². The molecular weight excluding hydrogens is 471 g/mol. The van der Waals surface area contributed by atoms with Crippen molar-refractivity contribution in [3.63, 3.8) is 0 Å². The number of hydrogen-bond acceptors (Lipinski definition) is 4. The minimum atomic E-state index is -4.82. The maximum absolute atomic E-state index is 13.5. The van der Waals surface area contributed by atoms with Gasteiger partial charge in [-0.3, -0.25) is 14.6 Å². The SMILES string of the molecule is C[C@](O)(c1ccc(C(=O)N(C2CC2)C2CCC(CCC(N)=O)(c3ccccn3)CC2)cc1)C(F)(F)F. The van der Waals surface area contributed by atoms with Gasteiger partial charge in [-0.05, 0) is 81.7 Å². The third-order valence-corrected chi connectivity index (χ3v) is 7.78. The first-order valence-electron chi connectivity index (χ1n) is 12.4. The van der Waals surface area contributed by atoms with Crippen LogP contribution in [0.1, 0.15) is 79.9 Å². The second-order valence-electron chi connectivity index (χ2n) is 10.3. The van der Waals surface area contributed by atoms with E-state index in [1.54, 1.807) is 6.20 Å². The summed E-state index contributed by atoms with van der Waals surface area (Å²) in [5.41, 5.74) is 3.10. The summed E-state index contributed by atoms with van der Waals surface area (Å²) in [6.07, 6.45) is 2.56. The van der Waals surface area contributed by atoms with Crippen molar-refractivity contribution in [1.82, 2.24) is 9.88 Å². The Morgan fingerprint density at radius 3 is 2.17 bits per heavy atom. The van der Waals surface area contributed by atoms with Crippen molar-refractivity contribution in [2.24, 2.45) is 5.73 Å². The Morgan fingerprint density at radius 2 is 1.67 bits per heavy atom. The van der Waals surface area contributed by atoms with Gasteiger partial charge in [-0.2, -0.15) is 13.2 Å². The Morgan fingerprint density at radius 1 is 1.06 bits per heavy atom. The second-order valence-corrected chi connectivity index (χ2v) is 10.3. The van der Waals surface area contributed by atoms with Gasteiger partial charge >= 0.3 is 6.18 Å². The standard InChI is InChI=1S/C27H32F3N3O3/c1-25(36,27(28,29)30)19-7-5-18(6-8-19)24(35)33(20-9-10-20)21-11-14-26(15-12-21,16-13-23(31)34)22-4-2-3-17-32-22/h2-8,17,20-21,36H,9-16H2,1H3,(H2,31,34)/t21?,25-,26?/m0/s1. The van der Waals surface area contributed by atoms with E-state index in [1.807, 2.05) is 23.1 Å². The fourth-order valence-corrected chi connectivity index (χ4v) is 5.34. The highest BCUT2D eigenvalue weighted by Crippen LogP contribution is 2.45. The predicted octanol–water partition coefficient (Wildman–Crippen LogP) is 4.60. The number of primary amides is 1. The van der Waals surface area contributed by atoms with Crippen molar-refractivity contribution in [1.29, 1.82) is 0 Å². The fourth-order valence-electron chi connectivity index (χ4n) is 5.34. The van der Waals surface area contributed by atoms with Crippen molar-refractivity contribution < 1.29 is 27.9 Å². The van der Waals surface area contributed by atoms with Gasteiger partial charge in [0, 0.05) is 41.4 Å². The van der Waals surface area contributed by atoms with Crippen LogP contribution in [0, 0.1) is 0 Å². The van der Waals surface area contributed by atoms with Crippen LogP contribution in [-0.4, -0.2) is 45.1 Å². The first-order valence-corrected chi connectivity index (χ1v) is 12.4. The molecule has 194 valence electrons. The Bertz CT molecular complexity index is 1070. The smallest absolute Gasteiger partial charge is 0.376 e. The van der Waals surface area contributed by atoms with Crippen molar-refractivity contribution in [2.75, 3.05) is 0 Å². The molecule has 2 saturated carbocycles. The summed E-state index contributed by atoms with van der Waals surface area (Å²) in [5.74, 6) is -0.557. The Labute approximate surface area is 208 Å². The maximum atomic E-state index is 13.5. The summed E-state index contributed by atoms with van der Waals surface area (Å²) < 4.78 is 39.6. The van der Waals surface area contributed by atoms with Crippen molar-refractivity contribution in [3.8, 4) is 0 Å². The van der Waals surface area contributed by atoms with Crippen molar-refractivity contribution in [3.05, 3.63) is 65.5 Å². The number of alkyl halides is 3. The number of benzene rings is 1. The highest BCUT2D eigenvalue weighted by atomic mass is 19.4.